The molecule has 0 spiro atoms. The van der Waals surface area contributed by atoms with Crippen molar-refractivity contribution in [1.82, 2.24) is 19.5 Å². The van der Waals surface area contributed by atoms with Gasteiger partial charge in [0.15, 0.2) is 0 Å². The zero-order valence-electron chi connectivity index (χ0n) is 22.5. The third-order valence-corrected chi connectivity index (χ3v) is 9.06. The topological polar surface area (TPSA) is 106 Å². The lowest BCUT2D eigenvalue weighted by atomic mass is 10.1. The molecule has 210 valence electrons. The first-order chi connectivity index (χ1) is 18.7. The highest BCUT2D eigenvalue weighted by Crippen LogP contribution is 2.23. The maximum Gasteiger partial charge on any atom is 0.252 e. The second-order valence-corrected chi connectivity index (χ2v) is 11.6. The molecule has 1 aliphatic heterocycles. The number of benzene rings is 2. The number of H-pyrrole nitrogens is 1. The summed E-state index contributed by atoms with van der Waals surface area (Å²) in [6.07, 6.45) is 1.62. The summed E-state index contributed by atoms with van der Waals surface area (Å²) in [7, 11) is -3.75. The molecule has 0 saturated carbocycles. The highest BCUT2D eigenvalue weighted by atomic mass is 32.2. The number of carbonyl (C=O) groups excluding carboxylic acids is 1. The number of hydrogen-bond acceptors (Lipinski definition) is 6. The molecule has 2 N–H and O–H groups in total. The van der Waals surface area contributed by atoms with Crippen LogP contribution >= 0.6 is 0 Å². The van der Waals surface area contributed by atoms with E-state index in [1.165, 1.54) is 34.6 Å². The minimum absolute atomic E-state index is 0.0850. The lowest BCUT2D eigenvalue weighted by molar-refractivity contribution is 0.0949. The maximum absolute atomic E-state index is 14.1. The highest BCUT2D eigenvalue weighted by Gasteiger charge is 2.24. The van der Waals surface area contributed by atoms with Gasteiger partial charge < -0.3 is 15.2 Å². The Hall–Kier alpha value is -3.28. The molecule has 2 heterocycles. The third-order valence-electron chi connectivity index (χ3n) is 7.09. The number of halogens is 1. The van der Waals surface area contributed by atoms with E-state index in [4.69, 9.17) is 0 Å². The number of nitrogens with one attached hydrogen (secondary N) is 2. The Labute approximate surface area is 228 Å². The Morgan fingerprint density at radius 2 is 1.82 bits per heavy atom. The van der Waals surface area contributed by atoms with E-state index in [0.29, 0.717) is 55.9 Å². The summed E-state index contributed by atoms with van der Waals surface area (Å²) in [5.41, 5.74) is 0.686. The van der Waals surface area contributed by atoms with Gasteiger partial charge in [-0.25, -0.2) is 12.8 Å². The summed E-state index contributed by atoms with van der Waals surface area (Å²) in [4.78, 5) is 32.4. The molecule has 2 aromatic carbocycles. The van der Waals surface area contributed by atoms with Crippen molar-refractivity contribution in [3.8, 4) is 0 Å². The molecule has 0 bridgehead atoms. The maximum atomic E-state index is 14.1. The number of fused-ring (bicyclic) bond motifs is 1. The van der Waals surface area contributed by atoms with Crippen molar-refractivity contribution in [1.29, 1.82) is 0 Å². The van der Waals surface area contributed by atoms with Gasteiger partial charge in [-0.3, -0.25) is 14.5 Å². The summed E-state index contributed by atoms with van der Waals surface area (Å²) in [6, 6.07) is 12.4. The van der Waals surface area contributed by atoms with E-state index in [0.717, 1.165) is 25.9 Å². The molecule has 1 aliphatic rings. The van der Waals surface area contributed by atoms with E-state index in [2.05, 4.69) is 15.2 Å². The lowest BCUT2D eigenvalue weighted by Crippen LogP contribution is -2.48. The van der Waals surface area contributed by atoms with Gasteiger partial charge in [0.25, 0.3) is 5.91 Å². The fourth-order valence-corrected chi connectivity index (χ4v) is 6.37. The van der Waals surface area contributed by atoms with E-state index in [9.17, 15) is 22.4 Å². The Balaban J connectivity index is 1.43. The molecule has 0 radical (unpaired) electrons. The number of unbranched alkanes of at least 4 members (excludes halogenated alkanes) is 1. The number of piperazine rings is 1. The Kier molecular flexibility index (Phi) is 9.36. The monoisotopic (exact) mass is 557 g/mol. The molecule has 9 nitrogen and oxygen atoms in total. The summed E-state index contributed by atoms with van der Waals surface area (Å²) < 4.78 is 42.1. The largest absolute Gasteiger partial charge is 0.367 e. The van der Waals surface area contributed by atoms with Gasteiger partial charge in [0.1, 0.15) is 5.82 Å². The fraction of sp³-hybridized carbons (Fsp3) is 0.429. The zero-order valence-corrected chi connectivity index (χ0v) is 23.3. The average Bonchev–Trinajstić information content (AvgIpc) is 2.93. The molecule has 1 aromatic heterocycles. The van der Waals surface area contributed by atoms with Gasteiger partial charge in [0.2, 0.25) is 15.6 Å². The van der Waals surface area contributed by atoms with Gasteiger partial charge in [0.05, 0.1) is 16.1 Å². The van der Waals surface area contributed by atoms with Crippen molar-refractivity contribution < 1.29 is 17.6 Å². The number of anilines is 1. The number of para-hydroxylation sites is 1. The Bertz CT molecular complexity index is 1470. The molecule has 3 aromatic rings. The highest BCUT2D eigenvalue weighted by molar-refractivity contribution is 7.89. The number of pyridine rings is 1. The number of sulfonamides is 1. The molecular formula is C28H36FN5O4S. The molecule has 1 fully saturated rings. The van der Waals surface area contributed by atoms with Crippen LogP contribution in [-0.4, -0.2) is 80.9 Å². The van der Waals surface area contributed by atoms with Crippen LogP contribution < -0.4 is 15.8 Å². The van der Waals surface area contributed by atoms with Crippen LogP contribution in [0.5, 0.6) is 0 Å². The first-order valence-electron chi connectivity index (χ1n) is 13.4. The molecule has 1 saturated heterocycles. The van der Waals surface area contributed by atoms with Crippen LogP contribution in [0.25, 0.3) is 10.9 Å². The van der Waals surface area contributed by atoms with E-state index in [1.807, 2.05) is 17.9 Å². The number of nitrogens with zero attached hydrogens (tertiary/aromatic N) is 3. The van der Waals surface area contributed by atoms with Crippen LogP contribution in [0.2, 0.25) is 0 Å². The lowest BCUT2D eigenvalue weighted by Gasteiger charge is -2.36. The van der Waals surface area contributed by atoms with Crippen LogP contribution in [0.3, 0.4) is 0 Å². The van der Waals surface area contributed by atoms with Crippen molar-refractivity contribution in [3.63, 3.8) is 0 Å². The predicted octanol–water partition coefficient (Wildman–Crippen LogP) is 3.03. The van der Waals surface area contributed by atoms with E-state index in [-0.39, 0.29) is 16.3 Å². The van der Waals surface area contributed by atoms with Gasteiger partial charge in [-0.05, 0) is 36.8 Å². The van der Waals surface area contributed by atoms with E-state index in [1.54, 1.807) is 19.1 Å². The molecule has 0 unspecified atom stereocenters. The van der Waals surface area contributed by atoms with Gasteiger partial charge in [0, 0.05) is 69.3 Å². The molecule has 39 heavy (non-hydrogen) atoms. The second kappa shape index (κ2) is 12.7. The average molecular weight is 558 g/mol. The number of aromatic amines is 1. The van der Waals surface area contributed by atoms with Crippen molar-refractivity contribution >= 4 is 32.5 Å². The van der Waals surface area contributed by atoms with Crippen LogP contribution in [0.1, 0.15) is 37.0 Å². The number of carbonyl (C=O) groups is 1. The molecular weight excluding hydrogens is 521 g/mol. The number of amides is 1. The van der Waals surface area contributed by atoms with Crippen molar-refractivity contribution in [2.45, 2.75) is 31.6 Å². The summed E-state index contributed by atoms with van der Waals surface area (Å²) in [5, 5.41) is 3.24. The van der Waals surface area contributed by atoms with E-state index < -0.39 is 21.5 Å². The van der Waals surface area contributed by atoms with Crippen LogP contribution in [0.4, 0.5) is 10.1 Å². The Morgan fingerprint density at radius 1 is 1.08 bits per heavy atom. The number of rotatable bonds is 11. The SMILES string of the molecule is CCCCN(CC)S(=O)(=O)c1ccc2[nH]c(=O)cc(C(=O)NCCN3CCN(c4ccccc4F)CC3)c2c1. The van der Waals surface area contributed by atoms with Crippen molar-refractivity contribution in [2.75, 3.05) is 57.3 Å². The Morgan fingerprint density at radius 3 is 2.51 bits per heavy atom. The van der Waals surface area contributed by atoms with Gasteiger partial charge >= 0.3 is 0 Å². The molecule has 0 aliphatic carbocycles. The minimum Gasteiger partial charge on any atom is -0.367 e. The summed E-state index contributed by atoms with van der Waals surface area (Å²) in [5.74, 6) is -0.674. The first kappa shape index (κ1) is 28.7. The molecule has 1 amide bonds. The van der Waals surface area contributed by atoms with Gasteiger partial charge in [-0.2, -0.15) is 4.31 Å². The fourth-order valence-electron chi connectivity index (χ4n) is 4.86. The standard InChI is InChI=1S/C28H36FN5O4S/c1-3-5-13-34(4-2)39(37,38)21-10-11-25-22(19-21)23(20-27(35)31-25)28(36)30-12-14-32-15-17-33(18-16-32)26-9-7-6-8-24(26)29/h6-11,19-20H,3-5,12-18H2,1-2H3,(H,30,36)(H,31,35). The third kappa shape index (κ3) is 6.66. The predicted molar refractivity (Wildman–Crippen MR) is 151 cm³/mol. The van der Waals surface area contributed by atoms with Gasteiger partial charge in [-0.15, -0.1) is 0 Å². The quantitative estimate of drug-likeness (QED) is 0.376. The summed E-state index contributed by atoms with van der Waals surface area (Å²) in [6.45, 7) is 8.32. The summed E-state index contributed by atoms with van der Waals surface area (Å²) >= 11 is 0. The first-order valence-corrected chi connectivity index (χ1v) is 14.9. The van der Waals surface area contributed by atoms with Crippen molar-refractivity contribution in [2.24, 2.45) is 0 Å². The number of aromatic nitrogens is 1. The number of hydrogen-bond donors (Lipinski definition) is 2. The zero-order chi connectivity index (χ0) is 28.0. The van der Waals surface area contributed by atoms with Crippen LogP contribution in [-0.2, 0) is 10.0 Å². The second-order valence-electron chi connectivity index (χ2n) is 9.64. The smallest absolute Gasteiger partial charge is 0.252 e. The molecule has 0 atom stereocenters. The van der Waals surface area contributed by atoms with E-state index >= 15 is 0 Å². The minimum atomic E-state index is -3.75. The molecule has 4 rings (SSSR count). The molecule has 11 heteroatoms. The van der Waals surface area contributed by atoms with Crippen LogP contribution in [0, 0.1) is 5.82 Å². The van der Waals surface area contributed by atoms with Gasteiger partial charge in [-0.1, -0.05) is 32.4 Å². The normalized spacial score (nSPS) is 14.7. The van der Waals surface area contributed by atoms with Crippen molar-refractivity contribution in [3.05, 3.63) is 70.3 Å². The van der Waals surface area contributed by atoms with Crippen LogP contribution in [0.15, 0.2) is 58.2 Å².